The quantitative estimate of drug-likeness (QED) is 0.778. The molecule has 1 aromatic carbocycles. The van der Waals surface area contributed by atoms with Crippen LogP contribution >= 0.6 is 0 Å². The van der Waals surface area contributed by atoms with Crippen molar-refractivity contribution in [2.24, 2.45) is 0 Å². The Bertz CT molecular complexity index is 431. The lowest BCUT2D eigenvalue weighted by Crippen LogP contribution is -2.38. The molecule has 2 rings (SSSR count). The van der Waals surface area contributed by atoms with Gasteiger partial charge in [-0.3, -0.25) is 0 Å². The summed E-state index contributed by atoms with van der Waals surface area (Å²) < 4.78 is 38.9. The highest BCUT2D eigenvalue weighted by molar-refractivity contribution is 6.60. The standard InChI is InChI=1S/C11H13BF3NO2/c13-11(14,15)8-4-3-5-9(12(17)18)10(8)16-6-1-2-7-16/h3-5,17-18H,1-2,6-7H2. The van der Waals surface area contributed by atoms with E-state index in [0.717, 1.165) is 18.9 Å². The molecule has 1 aliphatic heterocycles. The Hall–Kier alpha value is -1.21. The average Bonchev–Trinajstić information content (AvgIpc) is 2.79. The van der Waals surface area contributed by atoms with Crippen LogP contribution in [0.4, 0.5) is 18.9 Å². The normalized spacial score (nSPS) is 16.2. The van der Waals surface area contributed by atoms with Crippen molar-refractivity contribution in [1.29, 1.82) is 0 Å². The summed E-state index contributed by atoms with van der Waals surface area (Å²) in [4.78, 5) is 1.57. The third-order valence-corrected chi connectivity index (χ3v) is 3.07. The topological polar surface area (TPSA) is 43.7 Å². The van der Waals surface area contributed by atoms with Crippen LogP contribution in [0.15, 0.2) is 18.2 Å². The number of anilines is 1. The molecule has 0 amide bonds. The minimum atomic E-state index is -4.50. The summed E-state index contributed by atoms with van der Waals surface area (Å²) >= 11 is 0. The van der Waals surface area contributed by atoms with Crippen molar-refractivity contribution in [1.82, 2.24) is 0 Å². The molecule has 0 aliphatic carbocycles. The molecule has 0 saturated carbocycles. The molecular formula is C11H13BF3NO2. The number of benzene rings is 1. The van der Waals surface area contributed by atoms with Crippen molar-refractivity contribution >= 4 is 18.3 Å². The largest absolute Gasteiger partial charge is 0.490 e. The summed E-state index contributed by atoms with van der Waals surface area (Å²) in [5, 5.41) is 18.4. The first-order valence-electron chi connectivity index (χ1n) is 5.72. The molecule has 1 aliphatic rings. The first-order valence-corrected chi connectivity index (χ1v) is 5.72. The van der Waals surface area contributed by atoms with E-state index in [2.05, 4.69) is 0 Å². The zero-order valence-electron chi connectivity index (χ0n) is 9.61. The highest BCUT2D eigenvalue weighted by Crippen LogP contribution is 2.36. The summed E-state index contributed by atoms with van der Waals surface area (Å²) in [6.45, 7) is 1.01. The molecule has 0 atom stereocenters. The van der Waals surface area contributed by atoms with Crippen molar-refractivity contribution in [3.63, 3.8) is 0 Å². The summed E-state index contributed by atoms with van der Waals surface area (Å²) in [5.74, 6) is 0. The number of nitrogens with zero attached hydrogens (tertiary/aromatic N) is 1. The van der Waals surface area contributed by atoms with E-state index in [9.17, 15) is 23.2 Å². The zero-order valence-corrected chi connectivity index (χ0v) is 9.61. The lowest BCUT2D eigenvalue weighted by atomic mass is 9.77. The minimum Gasteiger partial charge on any atom is -0.423 e. The van der Waals surface area contributed by atoms with Gasteiger partial charge in [0.15, 0.2) is 0 Å². The van der Waals surface area contributed by atoms with Gasteiger partial charge >= 0.3 is 13.3 Å². The Balaban J connectivity index is 2.55. The molecule has 1 aromatic rings. The van der Waals surface area contributed by atoms with Crippen LogP contribution in [0.5, 0.6) is 0 Å². The van der Waals surface area contributed by atoms with Crippen LogP contribution in [-0.4, -0.2) is 30.3 Å². The maximum Gasteiger partial charge on any atom is 0.490 e. The monoisotopic (exact) mass is 259 g/mol. The number of alkyl halides is 3. The van der Waals surface area contributed by atoms with Crippen LogP contribution in [-0.2, 0) is 6.18 Å². The number of rotatable bonds is 2. The first kappa shape index (κ1) is 13.2. The van der Waals surface area contributed by atoms with E-state index in [1.54, 1.807) is 4.90 Å². The Morgan fingerprint density at radius 3 is 2.22 bits per heavy atom. The molecule has 2 N–H and O–H groups in total. The Kier molecular flexibility index (Phi) is 3.54. The van der Waals surface area contributed by atoms with E-state index < -0.39 is 18.9 Å². The summed E-state index contributed by atoms with van der Waals surface area (Å²) in [7, 11) is -1.90. The number of hydrogen-bond acceptors (Lipinski definition) is 3. The highest BCUT2D eigenvalue weighted by atomic mass is 19.4. The lowest BCUT2D eigenvalue weighted by Gasteiger charge is -2.25. The highest BCUT2D eigenvalue weighted by Gasteiger charge is 2.37. The van der Waals surface area contributed by atoms with Gasteiger partial charge in [-0.25, -0.2) is 0 Å². The molecule has 0 bridgehead atoms. The third kappa shape index (κ3) is 2.47. The maximum atomic E-state index is 13.0. The van der Waals surface area contributed by atoms with Gasteiger partial charge in [-0.1, -0.05) is 12.1 Å². The maximum absolute atomic E-state index is 13.0. The van der Waals surface area contributed by atoms with Crippen molar-refractivity contribution in [2.75, 3.05) is 18.0 Å². The van der Waals surface area contributed by atoms with E-state index in [1.165, 1.54) is 12.1 Å². The molecule has 0 spiro atoms. The smallest absolute Gasteiger partial charge is 0.423 e. The molecule has 18 heavy (non-hydrogen) atoms. The predicted octanol–water partition coefficient (Wildman–Crippen LogP) is 0.985. The van der Waals surface area contributed by atoms with Crippen molar-refractivity contribution in [3.8, 4) is 0 Å². The minimum absolute atomic E-state index is 0.0910. The van der Waals surface area contributed by atoms with E-state index in [4.69, 9.17) is 0 Å². The molecule has 0 aromatic heterocycles. The van der Waals surface area contributed by atoms with Gasteiger partial charge in [0.1, 0.15) is 0 Å². The Labute approximate surface area is 103 Å². The van der Waals surface area contributed by atoms with Crippen molar-refractivity contribution in [2.45, 2.75) is 19.0 Å². The molecule has 98 valence electrons. The van der Waals surface area contributed by atoms with Crippen LogP contribution in [0.2, 0.25) is 0 Å². The molecule has 7 heteroatoms. The molecule has 1 heterocycles. The van der Waals surface area contributed by atoms with Crippen LogP contribution in [0.1, 0.15) is 18.4 Å². The zero-order chi connectivity index (χ0) is 13.3. The van der Waals surface area contributed by atoms with Gasteiger partial charge in [0.05, 0.1) is 5.56 Å². The van der Waals surface area contributed by atoms with Crippen LogP contribution in [0.25, 0.3) is 0 Å². The van der Waals surface area contributed by atoms with Crippen LogP contribution < -0.4 is 10.4 Å². The Morgan fingerprint density at radius 2 is 1.72 bits per heavy atom. The molecule has 1 saturated heterocycles. The number of para-hydroxylation sites is 1. The molecule has 1 fully saturated rings. The van der Waals surface area contributed by atoms with Crippen LogP contribution in [0.3, 0.4) is 0 Å². The van der Waals surface area contributed by atoms with Gasteiger partial charge in [-0.2, -0.15) is 13.2 Å². The SMILES string of the molecule is OB(O)c1cccc(C(F)(F)F)c1N1CCCC1. The first-order chi connectivity index (χ1) is 8.41. The van der Waals surface area contributed by atoms with E-state index in [0.29, 0.717) is 13.1 Å². The molecule has 3 nitrogen and oxygen atoms in total. The predicted molar refractivity (Wildman–Crippen MR) is 62.7 cm³/mol. The summed E-state index contributed by atoms with van der Waals surface area (Å²) in [5.41, 5.74) is -1.00. The second-order valence-electron chi connectivity index (χ2n) is 4.31. The fourth-order valence-electron chi connectivity index (χ4n) is 2.29. The van der Waals surface area contributed by atoms with Gasteiger partial charge in [-0.15, -0.1) is 0 Å². The fraction of sp³-hybridized carbons (Fsp3) is 0.455. The summed E-state index contributed by atoms with van der Waals surface area (Å²) in [6, 6.07) is 3.48. The lowest BCUT2D eigenvalue weighted by molar-refractivity contribution is -0.137. The van der Waals surface area contributed by atoms with Crippen molar-refractivity contribution < 1.29 is 23.2 Å². The Morgan fingerprint density at radius 1 is 1.11 bits per heavy atom. The van der Waals surface area contributed by atoms with Gasteiger partial charge in [0.2, 0.25) is 0 Å². The average molecular weight is 259 g/mol. The van der Waals surface area contributed by atoms with E-state index in [1.807, 2.05) is 0 Å². The van der Waals surface area contributed by atoms with E-state index >= 15 is 0 Å². The van der Waals surface area contributed by atoms with Gasteiger partial charge in [0, 0.05) is 24.2 Å². The molecule has 0 radical (unpaired) electrons. The second-order valence-corrected chi connectivity index (χ2v) is 4.31. The van der Waals surface area contributed by atoms with Crippen molar-refractivity contribution in [3.05, 3.63) is 23.8 Å². The van der Waals surface area contributed by atoms with Gasteiger partial charge < -0.3 is 14.9 Å². The number of hydrogen-bond donors (Lipinski definition) is 2. The van der Waals surface area contributed by atoms with Gasteiger partial charge in [0.25, 0.3) is 0 Å². The molecule has 0 unspecified atom stereocenters. The van der Waals surface area contributed by atoms with Gasteiger partial charge in [-0.05, 0) is 18.9 Å². The second kappa shape index (κ2) is 4.82. The molecular weight excluding hydrogens is 246 g/mol. The van der Waals surface area contributed by atoms with Crippen LogP contribution in [0, 0.1) is 0 Å². The third-order valence-electron chi connectivity index (χ3n) is 3.07. The summed E-state index contributed by atoms with van der Waals surface area (Å²) in [6.07, 6.45) is -2.87. The fourth-order valence-corrected chi connectivity index (χ4v) is 2.29. The number of halogens is 3. The van der Waals surface area contributed by atoms with E-state index in [-0.39, 0.29) is 11.2 Å².